The Morgan fingerprint density at radius 1 is 0.824 bits per heavy atom. The highest BCUT2D eigenvalue weighted by Gasteiger charge is 2.39. The lowest BCUT2D eigenvalue weighted by atomic mass is 10.0. The Labute approximate surface area is 296 Å². The van der Waals surface area contributed by atoms with Crippen molar-refractivity contribution in [1.29, 1.82) is 0 Å². The summed E-state index contributed by atoms with van der Waals surface area (Å²) in [7, 11) is 1.28. The van der Waals surface area contributed by atoms with E-state index in [1.165, 1.54) is 7.11 Å². The first-order valence-electron chi connectivity index (χ1n) is 17.6. The Kier molecular flexibility index (Phi) is 10.3. The van der Waals surface area contributed by atoms with Gasteiger partial charge in [0.15, 0.2) is 0 Å². The average molecular weight is 699 g/mol. The molecule has 4 aromatic rings. The lowest BCUT2D eigenvalue weighted by Gasteiger charge is -2.30. The molecule has 6 rings (SSSR count). The average Bonchev–Trinajstić information content (AvgIpc) is 3.94. The van der Waals surface area contributed by atoms with Gasteiger partial charge in [-0.1, -0.05) is 52.0 Å². The van der Waals surface area contributed by atoms with Crippen molar-refractivity contribution in [2.24, 2.45) is 11.8 Å². The number of alkyl carbamates (subject to hydrolysis) is 1. The van der Waals surface area contributed by atoms with E-state index in [4.69, 9.17) is 9.72 Å². The number of methoxy groups -OCH3 is 1. The smallest absolute Gasteiger partial charge is 0.407 e. The van der Waals surface area contributed by atoms with Crippen LogP contribution in [0.1, 0.15) is 77.1 Å². The molecule has 4 amide bonds. The van der Waals surface area contributed by atoms with E-state index in [-0.39, 0.29) is 35.7 Å². The van der Waals surface area contributed by atoms with Crippen LogP contribution in [0.4, 0.5) is 9.59 Å². The van der Waals surface area contributed by atoms with Gasteiger partial charge >= 0.3 is 12.2 Å². The van der Waals surface area contributed by atoms with Crippen LogP contribution in [0.3, 0.4) is 0 Å². The molecule has 0 spiro atoms. The molecule has 0 bridgehead atoms. The van der Waals surface area contributed by atoms with Gasteiger partial charge in [0.2, 0.25) is 11.8 Å². The highest BCUT2D eigenvalue weighted by atomic mass is 16.5. The van der Waals surface area contributed by atoms with Crippen LogP contribution in [-0.2, 0) is 14.3 Å². The van der Waals surface area contributed by atoms with E-state index in [1.807, 2.05) is 64.1 Å². The molecule has 0 aliphatic carbocycles. The molecule has 2 aromatic carbocycles. The number of H-pyrrole nitrogens is 2. The molecule has 5 N–H and O–H groups in total. The first-order chi connectivity index (χ1) is 24.4. The van der Waals surface area contributed by atoms with Crippen LogP contribution in [0.5, 0.6) is 0 Å². The SMILES string of the molecule is COC(=O)N[C@H](C(=O)N1CCC[C@H]1c1ncc(-c2cccc(-c3ccc4nc([C@@H]5CCCN5C(=O)[C@@H](NC(=O)O)C(C)C)[nH]c4c3)c2)[nH]1)C(C)C. The summed E-state index contributed by atoms with van der Waals surface area (Å²) in [5, 5.41) is 14.4. The number of ether oxygens (including phenoxy) is 1. The van der Waals surface area contributed by atoms with E-state index < -0.39 is 24.3 Å². The topological polar surface area (TPSA) is 186 Å². The van der Waals surface area contributed by atoms with Gasteiger partial charge in [0.1, 0.15) is 23.7 Å². The molecule has 4 heterocycles. The van der Waals surface area contributed by atoms with Gasteiger partial charge in [-0.05, 0) is 66.8 Å². The molecule has 0 saturated carbocycles. The predicted molar refractivity (Wildman–Crippen MR) is 190 cm³/mol. The number of amides is 4. The minimum atomic E-state index is -1.22. The number of carbonyl (C=O) groups excluding carboxylic acids is 3. The summed E-state index contributed by atoms with van der Waals surface area (Å²) >= 11 is 0. The van der Waals surface area contributed by atoms with E-state index in [0.29, 0.717) is 24.7 Å². The monoisotopic (exact) mass is 698 g/mol. The number of benzene rings is 2. The Bertz CT molecular complexity index is 1920. The predicted octanol–water partition coefficient (Wildman–Crippen LogP) is 5.62. The van der Waals surface area contributed by atoms with Crippen molar-refractivity contribution in [3.8, 4) is 22.4 Å². The first kappa shape index (κ1) is 35.4. The number of fused-ring (bicyclic) bond motifs is 1. The molecule has 14 heteroatoms. The third kappa shape index (κ3) is 7.40. The summed E-state index contributed by atoms with van der Waals surface area (Å²) < 4.78 is 4.75. The van der Waals surface area contributed by atoms with E-state index >= 15 is 0 Å². The second kappa shape index (κ2) is 14.8. The fourth-order valence-corrected chi connectivity index (χ4v) is 7.22. The largest absolute Gasteiger partial charge is 0.465 e. The van der Waals surface area contributed by atoms with E-state index in [9.17, 15) is 24.3 Å². The zero-order valence-corrected chi connectivity index (χ0v) is 29.6. The number of likely N-dealkylation sites (tertiary alicyclic amines) is 2. The maximum Gasteiger partial charge on any atom is 0.407 e. The summed E-state index contributed by atoms with van der Waals surface area (Å²) in [6.07, 6.45) is 3.07. The van der Waals surface area contributed by atoms with Crippen LogP contribution in [0.15, 0.2) is 48.7 Å². The number of hydrogen-bond acceptors (Lipinski definition) is 7. The van der Waals surface area contributed by atoms with Gasteiger partial charge in [-0.2, -0.15) is 0 Å². The minimum Gasteiger partial charge on any atom is -0.465 e. The highest BCUT2D eigenvalue weighted by molar-refractivity contribution is 5.87. The van der Waals surface area contributed by atoms with Gasteiger partial charge in [0.05, 0.1) is 42.1 Å². The van der Waals surface area contributed by atoms with Gasteiger partial charge in [0.25, 0.3) is 0 Å². The molecule has 4 atom stereocenters. The second-order valence-electron chi connectivity index (χ2n) is 14.0. The lowest BCUT2D eigenvalue weighted by molar-refractivity contribution is -0.136. The molecule has 0 radical (unpaired) electrons. The van der Waals surface area contributed by atoms with Crippen molar-refractivity contribution >= 4 is 35.0 Å². The summed E-state index contributed by atoms with van der Waals surface area (Å²) in [5.74, 6) is 0.677. The lowest BCUT2D eigenvalue weighted by Crippen LogP contribution is -2.51. The number of nitrogens with one attached hydrogen (secondary N) is 4. The zero-order valence-electron chi connectivity index (χ0n) is 29.6. The fourth-order valence-electron chi connectivity index (χ4n) is 7.22. The fraction of sp³-hybridized carbons (Fsp3) is 0.459. The second-order valence-corrected chi connectivity index (χ2v) is 14.0. The van der Waals surface area contributed by atoms with Crippen LogP contribution in [-0.4, -0.2) is 91.1 Å². The Hall–Kier alpha value is -5.40. The van der Waals surface area contributed by atoms with Crippen molar-refractivity contribution in [3.63, 3.8) is 0 Å². The number of hydrogen-bond donors (Lipinski definition) is 5. The number of carboxylic acid groups (broad SMARTS) is 1. The van der Waals surface area contributed by atoms with Gasteiger partial charge in [-0.15, -0.1) is 0 Å². The highest BCUT2D eigenvalue weighted by Crippen LogP contribution is 2.35. The van der Waals surface area contributed by atoms with Crippen LogP contribution in [0, 0.1) is 11.8 Å². The molecule has 0 unspecified atom stereocenters. The number of nitrogens with zero attached hydrogens (tertiary/aromatic N) is 4. The third-order valence-electron chi connectivity index (χ3n) is 9.91. The molecule has 51 heavy (non-hydrogen) atoms. The molecule has 14 nitrogen and oxygen atoms in total. The number of aromatic nitrogens is 4. The molecule has 2 fully saturated rings. The van der Waals surface area contributed by atoms with Crippen molar-refractivity contribution < 1.29 is 29.0 Å². The van der Waals surface area contributed by atoms with E-state index in [0.717, 1.165) is 59.1 Å². The Balaban J connectivity index is 1.20. The first-order valence-corrected chi connectivity index (χ1v) is 17.6. The van der Waals surface area contributed by atoms with Crippen LogP contribution in [0.25, 0.3) is 33.4 Å². The number of aromatic amines is 2. The molecule has 2 aliphatic rings. The minimum absolute atomic E-state index is 0.118. The van der Waals surface area contributed by atoms with E-state index in [2.05, 4.69) is 31.7 Å². The molecule has 270 valence electrons. The zero-order chi connectivity index (χ0) is 36.4. The van der Waals surface area contributed by atoms with Crippen molar-refractivity contribution in [3.05, 3.63) is 60.3 Å². The Morgan fingerprint density at radius 2 is 1.43 bits per heavy atom. The van der Waals surface area contributed by atoms with E-state index in [1.54, 1.807) is 16.0 Å². The van der Waals surface area contributed by atoms with Crippen LogP contribution < -0.4 is 10.6 Å². The maximum atomic E-state index is 13.6. The molecule has 2 aliphatic heterocycles. The van der Waals surface area contributed by atoms with Crippen molar-refractivity contribution in [2.75, 3.05) is 20.2 Å². The normalized spacial score (nSPS) is 18.7. The van der Waals surface area contributed by atoms with Crippen molar-refractivity contribution in [1.82, 2.24) is 40.4 Å². The Morgan fingerprint density at radius 3 is 2.06 bits per heavy atom. The molecular formula is C37H46N8O6. The molecule has 2 aromatic heterocycles. The number of imidazole rings is 2. The summed E-state index contributed by atoms with van der Waals surface area (Å²) in [6, 6.07) is 12.1. The molecule has 2 saturated heterocycles. The quantitative estimate of drug-likeness (QED) is 0.141. The summed E-state index contributed by atoms with van der Waals surface area (Å²) in [6.45, 7) is 8.56. The van der Waals surface area contributed by atoms with Gasteiger partial charge in [-0.25, -0.2) is 19.6 Å². The standard InChI is InChI=1S/C37H46N8O6/c1-20(2)30(42-36(48)49)34(46)45-16-8-12-29(45)33-39-25-14-13-23(18-26(25)40-33)22-9-6-10-24(17-22)27-19-38-32(41-27)28-11-7-15-44(28)35(47)31(21(3)4)43-37(50)51-5/h6,9-10,13-14,17-21,28-31,42H,7-8,11-12,15-16H2,1-5H3,(H,38,41)(H,39,40)(H,43,50)(H,48,49)/t28-,29-,30-,31-/m0/s1. The van der Waals surface area contributed by atoms with Crippen molar-refractivity contribution in [2.45, 2.75) is 77.5 Å². The van der Waals surface area contributed by atoms with Gasteiger partial charge in [-0.3, -0.25) is 9.59 Å². The maximum absolute atomic E-state index is 13.6. The van der Waals surface area contributed by atoms with Gasteiger partial charge < -0.3 is 40.2 Å². The van der Waals surface area contributed by atoms with Crippen LogP contribution in [0.2, 0.25) is 0 Å². The number of carbonyl (C=O) groups is 4. The number of rotatable bonds is 10. The summed E-state index contributed by atoms with van der Waals surface area (Å²) in [5.41, 5.74) is 5.36. The van der Waals surface area contributed by atoms with Gasteiger partial charge in [0, 0.05) is 18.7 Å². The van der Waals surface area contributed by atoms with Crippen LogP contribution >= 0.6 is 0 Å². The summed E-state index contributed by atoms with van der Waals surface area (Å²) in [4.78, 5) is 70.3. The third-order valence-corrected chi connectivity index (χ3v) is 9.91. The molecular weight excluding hydrogens is 652 g/mol.